The number of thiophene rings is 1. The number of carbonyl (C=O) groups is 1. The maximum absolute atomic E-state index is 11.7. The smallest absolute Gasteiger partial charge is 0.177 e. The zero-order valence-corrected chi connectivity index (χ0v) is 13.0. The number of ketones is 1. The Balaban J connectivity index is 2.39. The minimum atomic E-state index is -0.334. The lowest BCUT2D eigenvalue weighted by Gasteiger charge is -2.31. The largest absolute Gasteiger partial charge is 0.486 e. The number of hydrogen-bond acceptors (Lipinski definition) is 6. The summed E-state index contributed by atoms with van der Waals surface area (Å²) in [6.07, 6.45) is 1.40. The van der Waals surface area contributed by atoms with Gasteiger partial charge in [-0.2, -0.15) is 0 Å². The zero-order chi connectivity index (χ0) is 14.9. The lowest BCUT2D eigenvalue weighted by molar-refractivity contribution is 0.102. The molecular formula is C14H22N2O3S. The van der Waals surface area contributed by atoms with Gasteiger partial charge in [0.15, 0.2) is 11.5 Å². The minimum Gasteiger partial charge on any atom is -0.486 e. The van der Waals surface area contributed by atoms with Crippen molar-refractivity contribution in [2.24, 2.45) is 0 Å². The first kappa shape index (κ1) is 15.1. The molecule has 0 bridgehead atoms. The number of anilines is 2. The number of aliphatic hydroxyl groups excluding tert-OH is 1. The maximum Gasteiger partial charge on any atom is 0.177 e. The number of carbonyl (C=O) groups excluding carboxylic acids is 1. The van der Waals surface area contributed by atoms with Crippen LogP contribution in [-0.2, 0) is 0 Å². The summed E-state index contributed by atoms with van der Waals surface area (Å²) in [6, 6.07) is 0. The van der Waals surface area contributed by atoms with E-state index in [9.17, 15) is 9.90 Å². The number of piperidine rings is 1. The van der Waals surface area contributed by atoms with Gasteiger partial charge in [0, 0.05) is 20.0 Å². The lowest BCUT2D eigenvalue weighted by atomic mass is 10.1. The van der Waals surface area contributed by atoms with Gasteiger partial charge in [-0.05, 0) is 26.7 Å². The molecule has 0 aliphatic carbocycles. The Hall–Kier alpha value is -1.27. The highest BCUT2D eigenvalue weighted by molar-refractivity contribution is 7.19. The Morgan fingerprint density at radius 1 is 1.55 bits per heavy atom. The van der Waals surface area contributed by atoms with Crippen LogP contribution in [0.15, 0.2) is 0 Å². The van der Waals surface area contributed by atoms with Crippen LogP contribution in [0.1, 0.15) is 43.3 Å². The van der Waals surface area contributed by atoms with Crippen LogP contribution in [0, 0.1) is 0 Å². The quantitative estimate of drug-likeness (QED) is 0.834. The van der Waals surface area contributed by atoms with Crippen LogP contribution in [0.4, 0.5) is 10.7 Å². The van der Waals surface area contributed by atoms with Gasteiger partial charge in [-0.1, -0.05) is 0 Å². The number of Topliss-reactive ketones (excluding diaryl/α,β-unsaturated/α-hetero) is 1. The second-order valence-corrected chi connectivity index (χ2v) is 6.44. The van der Waals surface area contributed by atoms with Crippen LogP contribution in [0.2, 0.25) is 0 Å². The third-order valence-corrected chi connectivity index (χ3v) is 4.59. The predicted octanol–water partition coefficient (Wildman–Crippen LogP) is 2.28. The SMILES string of the molecule is CC(=O)c1sc(N2CCCC(O)C2)c(OC(C)C)c1N. The molecule has 5 nitrogen and oxygen atoms in total. The molecule has 112 valence electrons. The molecule has 20 heavy (non-hydrogen) atoms. The molecule has 0 aromatic carbocycles. The summed E-state index contributed by atoms with van der Waals surface area (Å²) in [6.45, 7) is 6.78. The van der Waals surface area contributed by atoms with Gasteiger partial charge in [-0.15, -0.1) is 11.3 Å². The fraction of sp³-hybridized carbons (Fsp3) is 0.643. The summed E-state index contributed by atoms with van der Waals surface area (Å²) in [7, 11) is 0. The molecule has 1 unspecified atom stereocenters. The molecule has 2 rings (SSSR count). The normalized spacial score (nSPS) is 19.4. The van der Waals surface area contributed by atoms with Crippen molar-refractivity contribution < 1.29 is 14.6 Å². The molecule has 1 aromatic heterocycles. The average Bonchev–Trinajstić information content (AvgIpc) is 2.67. The van der Waals surface area contributed by atoms with Crippen molar-refractivity contribution in [3.8, 4) is 5.75 Å². The van der Waals surface area contributed by atoms with E-state index < -0.39 is 0 Å². The zero-order valence-electron chi connectivity index (χ0n) is 12.2. The molecule has 1 saturated heterocycles. The highest BCUT2D eigenvalue weighted by Crippen LogP contribution is 2.46. The number of hydrogen-bond donors (Lipinski definition) is 2. The maximum atomic E-state index is 11.7. The third-order valence-electron chi connectivity index (χ3n) is 3.24. The highest BCUT2D eigenvalue weighted by atomic mass is 32.1. The lowest BCUT2D eigenvalue weighted by Crippen LogP contribution is -2.38. The van der Waals surface area contributed by atoms with Crippen LogP contribution in [-0.4, -0.2) is 36.2 Å². The molecule has 0 radical (unpaired) electrons. The van der Waals surface area contributed by atoms with E-state index in [0.717, 1.165) is 24.4 Å². The average molecular weight is 298 g/mol. The molecule has 1 aromatic rings. The van der Waals surface area contributed by atoms with Crippen molar-refractivity contribution in [3.63, 3.8) is 0 Å². The number of nitrogens with two attached hydrogens (primary N) is 1. The summed E-state index contributed by atoms with van der Waals surface area (Å²) in [5.74, 6) is 0.536. The van der Waals surface area contributed by atoms with E-state index in [-0.39, 0.29) is 18.0 Å². The Bertz CT molecular complexity index is 499. The van der Waals surface area contributed by atoms with E-state index in [1.165, 1.54) is 18.3 Å². The van der Waals surface area contributed by atoms with Crippen molar-refractivity contribution >= 4 is 27.8 Å². The van der Waals surface area contributed by atoms with E-state index in [0.29, 0.717) is 22.9 Å². The Labute approximate surface area is 123 Å². The topological polar surface area (TPSA) is 75.8 Å². The van der Waals surface area contributed by atoms with Crippen molar-refractivity contribution in [1.82, 2.24) is 0 Å². The third kappa shape index (κ3) is 3.07. The first-order chi connectivity index (χ1) is 9.40. The van der Waals surface area contributed by atoms with Gasteiger partial charge in [-0.25, -0.2) is 0 Å². The molecule has 6 heteroatoms. The van der Waals surface area contributed by atoms with Gasteiger partial charge in [0.25, 0.3) is 0 Å². The molecule has 1 fully saturated rings. The van der Waals surface area contributed by atoms with Crippen molar-refractivity contribution in [2.75, 3.05) is 23.7 Å². The number of rotatable bonds is 4. The molecule has 0 saturated carbocycles. The van der Waals surface area contributed by atoms with E-state index in [1.54, 1.807) is 0 Å². The van der Waals surface area contributed by atoms with Crippen LogP contribution in [0.5, 0.6) is 5.75 Å². The van der Waals surface area contributed by atoms with Gasteiger partial charge < -0.3 is 20.5 Å². The fourth-order valence-corrected chi connectivity index (χ4v) is 3.46. The first-order valence-electron chi connectivity index (χ1n) is 6.93. The van der Waals surface area contributed by atoms with Crippen LogP contribution < -0.4 is 15.4 Å². The Morgan fingerprint density at radius 2 is 2.25 bits per heavy atom. The summed E-state index contributed by atoms with van der Waals surface area (Å²) >= 11 is 1.36. The van der Waals surface area contributed by atoms with Gasteiger partial charge in [0.2, 0.25) is 0 Å². The van der Waals surface area contributed by atoms with Gasteiger partial charge >= 0.3 is 0 Å². The Morgan fingerprint density at radius 3 is 2.80 bits per heavy atom. The van der Waals surface area contributed by atoms with Crippen molar-refractivity contribution in [2.45, 2.75) is 45.8 Å². The number of nitrogens with zero attached hydrogens (tertiary/aromatic N) is 1. The summed E-state index contributed by atoms with van der Waals surface area (Å²) in [5, 5.41) is 10.7. The van der Waals surface area contributed by atoms with E-state index in [1.807, 2.05) is 13.8 Å². The molecule has 0 spiro atoms. The molecule has 1 aliphatic rings. The fourth-order valence-electron chi connectivity index (χ4n) is 2.37. The standard InChI is InChI=1S/C14H22N2O3S/c1-8(2)19-12-11(15)13(9(3)17)20-14(12)16-6-4-5-10(18)7-16/h8,10,18H,4-7,15H2,1-3H3. The van der Waals surface area contributed by atoms with Crippen LogP contribution >= 0.6 is 11.3 Å². The monoisotopic (exact) mass is 298 g/mol. The molecule has 0 amide bonds. The van der Waals surface area contributed by atoms with Crippen LogP contribution in [0.25, 0.3) is 0 Å². The predicted molar refractivity (Wildman–Crippen MR) is 82.0 cm³/mol. The minimum absolute atomic E-state index is 0.0137. The van der Waals surface area contributed by atoms with Gasteiger partial charge in [-0.3, -0.25) is 4.79 Å². The summed E-state index contributed by atoms with van der Waals surface area (Å²) in [5.41, 5.74) is 6.49. The van der Waals surface area contributed by atoms with E-state index in [2.05, 4.69) is 4.90 Å². The number of β-amino-alcohol motifs (C(OH)–C–C–N with tert-alkyl or cyclic N) is 1. The van der Waals surface area contributed by atoms with Gasteiger partial charge in [0.05, 0.1) is 22.8 Å². The summed E-state index contributed by atoms with van der Waals surface area (Å²) < 4.78 is 5.81. The van der Waals surface area contributed by atoms with Gasteiger partial charge in [0.1, 0.15) is 5.00 Å². The second kappa shape index (κ2) is 6.01. The number of nitrogen functional groups attached to an aromatic ring is 1. The van der Waals surface area contributed by atoms with Crippen molar-refractivity contribution in [3.05, 3.63) is 4.88 Å². The van der Waals surface area contributed by atoms with Crippen molar-refractivity contribution in [1.29, 1.82) is 0 Å². The number of aliphatic hydroxyl groups is 1. The highest BCUT2D eigenvalue weighted by Gasteiger charge is 2.27. The molecule has 2 heterocycles. The summed E-state index contributed by atoms with van der Waals surface area (Å²) in [4.78, 5) is 14.3. The molecule has 1 aliphatic heterocycles. The molecular weight excluding hydrogens is 276 g/mol. The van der Waals surface area contributed by atoms with E-state index >= 15 is 0 Å². The molecule has 3 N–H and O–H groups in total. The number of ether oxygens (including phenoxy) is 1. The first-order valence-corrected chi connectivity index (χ1v) is 7.74. The molecule has 1 atom stereocenters. The van der Waals surface area contributed by atoms with Crippen LogP contribution in [0.3, 0.4) is 0 Å². The second-order valence-electron chi connectivity index (χ2n) is 5.44. The Kier molecular flexibility index (Phi) is 4.55. The van der Waals surface area contributed by atoms with E-state index in [4.69, 9.17) is 10.5 Å².